The topological polar surface area (TPSA) is 82.6 Å². The Morgan fingerprint density at radius 3 is 2.62 bits per heavy atom. The average Bonchev–Trinajstić information content (AvgIpc) is 2.45. The fourth-order valence-electron chi connectivity index (χ4n) is 2.22. The summed E-state index contributed by atoms with van der Waals surface area (Å²) in [5.41, 5.74) is 5.60. The number of amides is 1. The van der Waals surface area contributed by atoms with Gasteiger partial charge in [-0.3, -0.25) is 9.69 Å². The van der Waals surface area contributed by atoms with Crippen molar-refractivity contribution in [1.29, 1.82) is 5.26 Å². The molecule has 120 valence electrons. The number of nitrogens with zero attached hydrogens (tertiary/aromatic N) is 3. The summed E-state index contributed by atoms with van der Waals surface area (Å²) in [5, 5.41) is 8.74. The Labute approximate surface area is 127 Å². The molecule has 0 spiro atoms. The van der Waals surface area contributed by atoms with Gasteiger partial charge < -0.3 is 15.4 Å². The Kier molecular flexibility index (Phi) is 7.65. The third-order valence-corrected chi connectivity index (χ3v) is 3.62. The van der Waals surface area contributed by atoms with E-state index in [-0.39, 0.29) is 11.4 Å². The molecule has 0 unspecified atom stereocenters. The zero-order valence-corrected chi connectivity index (χ0v) is 13.3. The van der Waals surface area contributed by atoms with Crippen LogP contribution in [0.1, 0.15) is 33.1 Å². The van der Waals surface area contributed by atoms with Gasteiger partial charge in [-0.2, -0.15) is 5.26 Å². The largest absolute Gasteiger partial charge is 0.379 e. The summed E-state index contributed by atoms with van der Waals surface area (Å²) in [6, 6.07) is 2.11. The summed E-state index contributed by atoms with van der Waals surface area (Å²) < 4.78 is 5.32. The summed E-state index contributed by atoms with van der Waals surface area (Å²) in [7, 11) is 0. The van der Waals surface area contributed by atoms with E-state index in [9.17, 15) is 4.79 Å². The second-order valence-corrected chi connectivity index (χ2v) is 6.23. The maximum absolute atomic E-state index is 12.3. The molecule has 0 saturated carbocycles. The van der Waals surface area contributed by atoms with Gasteiger partial charge in [-0.1, -0.05) is 0 Å². The molecular weight excluding hydrogens is 268 g/mol. The number of morpholine rings is 1. The summed E-state index contributed by atoms with van der Waals surface area (Å²) in [6.45, 7) is 9.21. The predicted octanol–water partition coefficient (Wildman–Crippen LogP) is 0.578. The van der Waals surface area contributed by atoms with Crippen LogP contribution in [-0.4, -0.2) is 67.2 Å². The molecular formula is C15H28N4O2. The number of carbonyl (C=O) groups is 1. The first-order chi connectivity index (χ1) is 9.92. The molecule has 6 nitrogen and oxygen atoms in total. The molecule has 0 aromatic heterocycles. The Balaban J connectivity index is 2.41. The summed E-state index contributed by atoms with van der Waals surface area (Å²) in [4.78, 5) is 16.4. The Morgan fingerprint density at radius 2 is 2.05 bits per heavy atom. The highest BCUT2D eigenvalue weighted by Crippen LogP contribution is 2.10. The zero-order chi connectivity index (χ0) is 15.7. The first kappa shape index (κ1) is 17.9. The molecule has 0 aromatic carbocycles. The average molecular weight is 296 g/mol. The Hall–Kier alpha value is -1.16. The van der Waals surface area contributed by atoms with Crippen LogP contribution >= 0.6 is 0 Å². The molecule has 1 rings (SSSR count). The molecule has 0 aliphatic carbocycles. The van der Waals surface area contributed by atoms with Crippen LogP contribution in [0, 0.1) is 11.3 Å². The fraction of sp³-hybridized carbons (Fsp3) is 0.867. The van der Waals surface area contributed by atoms with Gasteiger partial charge >= 0.3 is 0 Å². The molecule has 1 saturated heterocycles. The van der Waals surface area contributed by atoms with E-state index in [1.165, 1.54) is 0 Å². The Morgan fingerprint density at radius 1 is 1.38 bits per heavy atom. The second kappa shape index (κ2) is 8.98. The predicted molar refractivity (Wildman–Crippen MR) is 81.6 cm³/mol. The smallest absolute Gasteiger partial charge is 0.222 e. The highest BCUT2D eigenvalue weighted by atomic mass is 16.5. The van der Waals surface area contributed by atoms with Gasteiger partial charge in [-0.05, 0) is 20.3 Å². The summed E-state index contributed by atoms with van der Waals surface area (Å²) in [6.07, 6.45) is 1.48. The van der Waals surface area contributed by atoms with Gasteiger partial charge in [0.05, 0.1) is 25.7 Å². The van der Waals surface area contributed by atoms with E-state index in [1.807, 2.05) is 13.8 Å². The molecule has 1 amide bonds. The number of nitriles is 1. The van der Waals surface area contributed by atoms with E-state index in [1.54, 1.807) is 4.90 Å². The molecule has 0 bridgehead atoms. The normalized spacial score (nSPS) is 16.5. The van der Waals surface area contributed by atoms with Crippen molar-refractivity contribution in [3.05, 3.63) is 0 Å². The van der Waals surface area contributed by atoms with Gasteiger partial charge in [0.1, 0.15) is 0 Å². The lowest BCUT2D eigenvalue weighted by Crippen LogP contribution is -2.44. The molecule has 1 heterocycles. The lowest BCUT2D eigenvalue weighted by atomic mass is 9.99. The van der Waals surface area contributed by atoms with Crippen LogP contribution in [0.15, 0.2) is 0 Å². The number of hydrogen-bond acceptors (Lipinski definition) is 5. The minimum atomic E-state index is -0.333. The molecule has 1 aliphatic rings. The van der Waals surface area contributed by atoms with Crippen molar-refractivity contribution < 1.29 is 9.53 Å². The van der Waals surface area contributed by atoms with Crippen molar-refractivity contribution in [2.75, 3.05) is 45.9 Å². The number of hydrogen-bond donors (Lipinski definition) is 1. The molecule has 0 aromatic rings. The van der Waals surface area contributed by atoms with Crippen molar-refractivity contribution in [3.63, 3.8) is 0 Å². The van der Waals surface area contributed by atoms with Gasteiger partial charge in [-0.25, -0.2) is 0 Å². The second-order valence-electron chi connectivity index (χ2n) is 6.23. The third kappa shape index (κ3) is 8.00. The quantitative estimate of drug-likeness (QED) is 0.708. The van der Waals surface area contributed by atoms with Crippen LogP contribution in [-0.2, 0) is 9.53 Å². The van der Waals surface area contributed by atoms with Gasteiger partial charge in [0.2, 0.25) is 5.91 Å². The molecule has 2 N–H and O–H groups in total. The highest BCUT2D eigenvalue weighted by molar-refractivity contribution is 5.76. The number of nitrogens with two attached hydrogens (primary N) is 1. The van der Waals surface area contributed by atoms with Crippen LogP contribution in [0.25, 0.3) is 0 Å². The van der Waals surface area contributed by atoms with Crippen LogP contribution in [0.4, 0.5) is 0 Å². The van der Waals surface area contributed by atoms with Crippen LogP contribution < -0.4 is 5.73 Å². The van der Waals surface area contributed by atoms with Crippen molar-refractivity contribution in [2.24, 2.45) is 5.73 Å². The van der Waals surface area contributed by atoms with Crippen molar-refractivity contribution in [2.45, 2.75) is 38.6 Å². The van der Waals surface area contributed by atoms with Crippen LogP contribution in [0.5, 0.6) is 0 Å². The molecule has 0 radical (unpaired) electrons. The highest BCUT2D eigenvalue weighted by Gasteiger charge is 2.19. The van der Waals surface area contributed by atoms with Crippen molar-refractivity contribution in [1.82, 2.24) is 9.80 Å². The van der Waals surface area contributed by atoms with Gasteiger partial charge in [-0.15, -0.1) is 0 Å². The van der Waals surface area contributed by atoms with Crippen LogP contribution in [0.3, 0.4) is 0 Å². The first-order valence-electron chi connectivity index (χ1n) is 7.66. The summed E-state index contributed by atoms with van der Waals surface area (Å²) >= 11 is 0. The van der Waals surface area contributed by atoms with Gasteiger partial charge in [0.15, 0.2) is 0 Å². The van der Waals surface area contributed by atoms with Gasteiger partial charge in [0.25, 0.3) is 0 Å². The molecule has 0 atom stereocenters. The maximum atomic E-state index is 12.3. The van der Waals surface area contributed by atoms with E-state index >= 15 is 0 Å². The maximum Gasteiger partial charge on any atom is 0.222 e. The number of rotatable bonds is 8. The number of carbonyl (C=O) groups excluding carboxylic acids is 1. The lowest BCUT2D eigenvalue weighted by molar-refractivity contribution is -0.131. The molecule has 1 aliphatic heterocycles. The van der Waals surface area contributed by atoms with Crippen LogP contribution in [0.2, 0.25) is 0 Å². The molecule has 21 heavy (non-hydrogen) atoms. The first-order valence-corrected chi connectivity index (χ1v) is 7.66. The zero-order valence-electron chi connectivity index (χ0n) is 13.3. The van der Waals surface area contributed by atoms with Crippen molar-refractivity contribution in [3.8, 4) is 6.07 Å². The van der Waals surface area contributed by atoms with E-state index in [0.29, 0.717) is 32.4 Å². The lowest BCUT2D eigenvalue weighted by Gasteiger charge is -2.30. The van der Waals surface area contributed by atoms with E-state index in [2.05, 4.69) is 11.0 Å². The Bertz CT molecular complexity index is 354. The summed E-state index contributed by atoms with van der Waals surface area (Å²) in [5.74, 6) is 0.0945. The van der Waals surface area contributed by atoms with E-state index in [4.69, 9.17) is 15.7 Å². The van der Waals surface area contributed by atoms with E-state index < -0.39 is 0 Å². The minimum Gasteiger partial charge on any atom is -0.379 e. The van der Waals surface area contributed by atoms with Gasteiger partial charge in [0, 0.05) is 44.7 Å². The van der Waals surface area contributed by atoms with E-state index in [0.717, 1.165) is 32.8 Å². The minimum absolute atomic E-state index is 0.0945. The fourth-order valence-corrected chi connectivity index (χ4v) is 2.22. The monoisotopic (exact) mass is 296 g/mol. The third-order valence-electron chi connectivity index (χ3n) is 3.62. The molecule has 1 fully saturated rings. The SMILES string of the molecule is CC(C)(N)CCC(=O)N(CCC#N)CCN1CCOCC1. The molecule has 6 heteroatoms. The standard InChI is InChI=1S/C15H28N4O2/c1-15(2,17)5-4-14(20)19(7-3-6-16)9-8-18-10-12-21-13-11-18/h3-5,7-13,17H2,1-2H3. The number of ether oxygens (including phenoxy) is 1. The van der Waals surface area contributed by atoms with Crippen molar-refractivity contribution >= 4 is 5.91 Å².